The molecular formula is C138H88N2. The highest BCUT2D eigenvalue weighted by Crippen LogP contribution is 2.67. The number of hydrogen-bond acceptors (Lipinski definition) is 2. The summed E-state index contributed by atoms with van der Waals surface area (Å²) in [6.45, 7) is 0. The SMILES string of the molecule is c1ccc(-c2cc(-c3ccccc3)cc(-c3ccc(N(c4ccc5c(c4)C4(c6ccccc6-c6ccccc64)c4ccccc4-5)c4c(-c5cccc(-c6ccc(-c7ccc(-c8ccc(N(c9ccc%10c(c9)C9(c%11ccccc%11-c%11ccccc%119)c9ccccc9-%10)c9c(-c%10ccccc%10)c%10ccccc%10c%10ccccc9%10)cc8)cc7)c(-c7ccccc7)c6)c5)c5ccccc5c5ccccc45)cc3)c2)cc1. The molecule has 4 aliphatic carbocycles. The van der Waals surface area contributed by atoms with Gasteiger partial charge in [-0.15, -0.1) is 0 Å². The topological polar surface area (TPSA) is 6.48 Å². The van der Waals surface area contributed by atoms with Crippen molar-refractivity contribution in [2.75, 3.05) is 9.80 Å². The summed E-state index contributed by atoms with van der Waals surface area (Å²) in [5.41, 5.74) is 46.7. The fourth-order valence-corrected chi connectivity index (χ4v) is 24.7. The molecule has 0 atom stereocenters. The van der Waals surface area contributed by atoms with Crippen molar-refractivity contribution in [3.05, 3.63) is 578 Å². The minimum Gasteiger partial charge on any atom is -0.309 e. The first-order valence-electron chi connectivity index (χ1n) is 48.7. The molecule has 0 unspecified atom stereocenters. The van der Waals surface area contributed by atoms with Gasteiger partial charge in [-0.1, -0.05) is 455 Å². The Morgan fingerprint density at radius 3 is 0.743 bits per heavy atom. The Morgan fingerprint density at radius 2 is 0.350 bits per heavy atom. The van der Waals surface area contributed by atoms with Crippen molar-refractivity contribution in [3.8, 4) is 145 Å². The van der Waals surface area contributed by atoms with E-state index in [0.717, 1.165) is 112 Å². The third-order valence-corrected chi connectivity index (χ3v) is 30.6. The second-order valence-corrected chi connectivity index (χ2v) is 37.8. The van der Waals surface area contributed by atoms with Crippen molar-refractivity contribution in [2.45, 2.75) is 10.8 Å². The van der Waals surface area contributed by atoms with E-state index in [1.54, 1.807) is 0 Å². The van der Waals surface area contributed by atoms with Crippen molar-refractivity contribution >= 4 is 77.2 Å². The van der Waals surface area contributed by atoms with Crippen LogP contribution in [0.5, 0.6) is 0 Å². The summed E-state index contributed by atoms with van der Waals surface area (Å²) in [6.07, 6.45) is 0. The summed E-state index contributed by atoms with van der Waals surface area (Å²) in [7, 11) is 0. The highest BCUT2D eigenvalue weighted by molar-refractivity contribution is 6.25. The van der Waals surface area contributed by atoms with Crippen molar-refractivity contribution < 1.29 is 0 Å². The summed E-state index contributed by atoms with van der Waals surface area (Å²) in [5, 5.41) is 9.51. The van der Waals surface area contributed by atoms with Gasteiger partial charge in [0.15, 0.2) is 0 Å². The molecule has 28 rings (SSSR count). The van der Waals surface area contributed by atoms with E-state index in [9.17, 15) is 0 Å². The minimum absolute atomic E-state index is 0.542. The van der Waals surface area contributed by atoms with Gasteiger partial charge in [0, 0.05) is 44.6 Å². The van der Waals surface area contributed by atoms with Gasteiger partial charge in [-0.3, -0.25) is 0 Å². The van der Waals surface area contributed by atoms with E-state index in [0.29, 0.717) is 0 Å². The Bertz CT molecular complexity index is 8970. The van der Waals surface area contributed by atoms with Crippen LogP contribution in [0.3, 0.4) is 0 Å². The van der Waals surface area contributed by atoms with Crippen molar-refractivity contribution in [3.63, 3.8) is 0 Å². The zero-order valence-corrected chi connectivity index (χ0v) is 76.7. The van der Waals surface area contributed by atoms with Gasteiger partial charge >= 0.3 is 0 Å². The van der Waals surface area contributed by atoms with E-state index in [4.69, 9.17) is 0 Å². The molecule has 0 amide bonds. The first-order chi connectivity index (χ1) is 69.5. The Hall–Kier alpha value is -18.1. The summed E-state index contributed by atoms with van der Waals surface area (Å²) in [5.74, 6) is 0. The molecule has 0 aliphatic heterocycles. The molecule has 2 nitrogen and oxygen atoms in total. The molecule has 0 saturated carbocycles. The molecule has 24 aromatic carbocycles. The van der Waals surface area contributed by atoms with Crippen molar-refractivity contribution in [2.24, 2.45) is 0 Å². The van der Waals surface area contributed by atoms with Gasteiger partial charge in [-0.2, -0.15) is 0 Å². The molecule has 0 saturated heterocycles. The number of nitrogens with zero attached hydrogens (tertiary/aromatic N) is 2. The van der Waals surface area contributed by atoms with E-state index in [1.165, 1.54) is 155 Å². The molecule has 0 fully saturated rings. The molecule has 2 heteroatoms. The molecule has 0 radical (unpaired) electrons. The van der Waals surface area contributed by atoms with Crippen LogP contribution in [0.4, 0.5) is 34.1 Å². The largest absolute Gasteiger partial charge is 0.309 e. The second-order valence-electron chi connectivity index (χ2n) is 37.8. The van der Waals surface area contributed by atoms with E-state index in [-0.39, 0.29) is 0 Å². The maximum atomic E-state index is 2.60. The average Bonchev–Trinajstić information content (AvgIpc) is 1.51. The number of fused-ring (bicyclic) bond motifs is 26. The first-order valence-corrected chi connectivity index (χ1v) is 48.7. The highest BCUT2D eigenvalue weighted by Gasteiger charge is 2.54. The van der Waals surface area contributed by atoms with Crippen LogP contribution in [0.2, 0.25) is 0 Å². The standard InChI is InChI=1S/C138H88N2/c1-5-34-89(35-6-1)100-83-101(90-36-7-2-8-37-90)85-102(84-100)93-70-75-104(76-71-93)140(106-78-81-119-117-53-26-32-63-130(117)138(132(119)88-106)127-60-29-23-50-114(127)115-51-24-30-61-128(115)138)136-123-57-20-16-47-111(123)109-45-14-18-55-121(109)134(136)99-43-33-42-97(82-99)98-72-79-107(124(86-98)94-38-9-3-10-39-94)95-66-64-91(65-67-95)92-68-73-103(74-69-92)139(135-122-56-19-15-46-110(122)108-44-13-17-54-120(108)133(135)96-40-11-4-12-41-96)105-77-80-118-116-52-25-31-62-129(116)137(131(118)87-105)125-58-27-21-48-112(125)113-49-22-28-59-126(113)137/h1-88H. The zero-order chi connectivity index (χ0) is 92.1. The van der Waals surface area contributed by atoms with E-state index in [1.807, 2.05) is 0 Å². The van der Waals surface area contributed by atoms with Gasteiger partial charge in [0.25, 0.3) is 0 Å². The van der Waals surface area contributed by atoms with Gasteiger partial charge in [0.2, 0.25) is 0 Å². The monoisotopic (exact) mass is 1770 g/mol. The quantitative estimate of drug-likeness (QED) is 0.0944. The Kier molecular flexibility index (Phi) is 18.6. The van der Waals surface area contributed by atoms with Crippen LogP contribution in [0.15, 0.2) is 534 Å². The van der Waals surface area contributed by atoms with Crippen LogP contribution in [0, 0.1) is 0 Å². The lowest BCUT2D eigenvalue weighted by Gasteiger charge is -2.33. The normalized spacial score (nSPS) is 12.8. The molecule has 0 bridgehead atoms. The van der Waals surface area contributed by atoms with Gasteiger partial charge in [-0.05, 0) is 289 Å². The summed E-state index contributed by atoms with van der Waals surface area (Å²) in [6, 6.07) is 201. The average molecular weight is 1770 g/mol. The summed E-state index contributed by atoms with van der Waals surface area (Å²) < 4.78 is 0. The van der Waals surface area contributed by atoms with Gasteiger partial charge in [-0.25, -0.2) is 0 Å². The maximum Gasteiger partial charge on any atom is 0.0726 e. The maximum absolute atomic E-state index is 2.60. The smallest absolute Gasteiger partial charge is 0.0726 e. The molecule has 0 heterocycles. The highest BCUT2D eigenvalue weighted by atomic mass is 15.2. The predicted octanol–water partition coefficient (Wildman–Crippen LogP) is 36.9. The van der Waals surface area contributed by atoms with E-state index >= 15 is 0 Å². The molecule has 4 aliphatic rings. The number of hydrogen-bond donors (Lipinski definition) is 0. The molecule has 0 aromatic heterocycles. The number of anilines is 6. The lowest BCUT2D eigenvalue weighted by atomic mass is 9.70. The molecule has 24 aromatic rings. The van der Waals surface area contributed by atoms with Crippen LogP contribution in [0.25, 0.3) is 188 Å². The fourth-order valence-electron chi connectivity index (χ4n) is 24.7. The Labute approximate surface area is 814 Å². The van der Waals surface area contributed by atoms with E-state index in [2.05, 4.69) is 544 Å². The third-order valence-electron chi connectivity index (χ3n) is 30.6. The summed E-state index contributed by atoms with van der Waals surface area (Å²) >= 11 is 0. The van der Waals surface area contributed by atoms with Crippen LogP contribution in [-0.4, -0.2) is 0 Å². The van der Waals surface area contributed by atoms with E-state index < -0.39 is 10.8 Å². The zero-order valence-electron chi connectivity index (χ0n) is 76.7. The molecule has 650 valence electrons. The molecule has 0 N–H and O–H groups in total. The first kappa shape index (κ1) is 80.4. The minimum atomic E-state index is -0.585. The lowest BCUT2D eigenvalue weighted by Crippen LogP contribution is -2.26. The summed E-state index contributed by atoms with van der Waals surface area (Å²) in [4.78, 5) is 5.17. The molecule has 140 heavy (non-hydrogen) atoms. The molecular weight excluding hydrogens is 1690 g/mol. The van der Waals surface area contributed by atoms with Gasteiger partial charge < -0.3 is 9.80 Å². The third kappa shape index (κ3) is 12.3. The predicted molar refractivity (Wildman–Crippen MR) is 587 cm³/mol. The number of rotatable bonds is 15. The van der Waals surface area contributed by atoms with Gasteiger partial charge in [0.05, 0.1) is 22.2 Å². The van der Waals surface area contributed by atoms with Crippen LogP contribution < -0.4 is 9.80 Å². The van der Waals surface area contributed by atoms with Gasteiger partial charge in [0.1, 0.15) is 0 Å². The second kappa shape index (κ2) is 32.3. The lowest BCUT2D eigenvalue weighted by molar-refractivity contribution is 0.793. The van der Waals surface area contributed by atoms with Crippen molar-refractivity contribution in [1.82, 2.24) is 0 Å². The Balaban J connectivity index is 0.579. The van der Waals surface area contributed by atoms with Crippen LogP contribution in [0.1, 0.15) is 44.5 Å². The van der Waals surface area contributed by atoms with Crippen LogP contribution >= 0.6 is 0 Å². The number of benzene rings is 24. The molecule has 2 spiro atoms. The fraction of sp³-hybridized carbons (Fsp3) is 0.0145. The van der Waals surface area contributed by atoms with Crippen molar-refractivity contribution in [1.29, 1.82) is 0 Å². The van der Waals surface area contributed by atoms with Crippen LogP contribution in [-0.2, 0) is 10.8 Å². The Morgan fingerprint density at radius 1 is 0.114 bits per heavy atom.